The summed E-state index contributed by atoms with van der Waals surface area (Å²) in [5.41, 5.74) is 0.761. The predicted octanol–water partition coefficient (Wildman–Crippen LogP) is 2.57. The third-order valence-corrected chi connectivity index (χ3v) is 4.13. The van der Waals surface area contributed by atoms with Gasteiger partial charge in [0.1, 0.15) is 4.70 Å². The molecule has 3 aromatic rings. The summed E-state index contributed by atoms with van der Waals surface area (Å²) in [4.78, 5) is 29.6. The quantitative estimate of drug-likeness (QED) is 0.592. The minimum absolute atomic E-state index is 0.116. The molecule has 7 nitrogen and oxygen atoms in total. The first-order valence-electron chi connectivity index (χ1n) is 5.91. The molecule has 1 aromatic carbocycles. The molecule has 0 saturated heterocycles. The van der Waals surface area contributed by atoms with Gasteiger partial charge in [-0.25, -0.2) is 4.98 Å². The van der Waals surface area contributed by atoms with Gasteiger partial charge in [0.05, 0.1) is 23.9 Å². The van der Waals surface area contributed by atoms with Gasteiger partial charge in [-0.3, -0.25) is 14.9 Å². The van der Waals surface area contributed by atoms with Crippen molar-refractivity contribution in [1.82, 2.24) is 9.97 Å². The second-order valence-electron chi connectivity index (χ2n) is 4.17. The molecule has 106 valence electrons. The normalized spacial score (nSPS) is 10.7. The number of nitro groups is 1. The SMILES string of the molecule is COc1c(-c2cc3nc[nH]c(=O)c3s2)cccc1[N+](=O)[O-]. The Morgan fingerprint density at radius 1 is 1.43 bits per heavy atom. The molecule has 0 amide bonds. The van der Waals surface area contributed by atoms with Crippen LogP contribution in [0.15, 0.2) is 35.4 Å². The third-order valence-electron chi connectivity index (χ3n) is 2.98. The fourth-order valence-electron chi connectivity index (χ4n) is 2.08. The van der Waals surface area contributed by atoms with Crippen LogP contribution >= 0.6 is 11.3 Å². The van der Waals surface area contributed by atoms with Crippen molar-refractivity contribution in [3.63, 3.8) is 0 Å². The van der Waals surface area contributed by atoms with Gasteiger partial charge in [0.2, 0.25) is 5.75 Å². The van der Waals surface area contributed by atoms with Gasteiger partial charge >= 0.3 is 5.69 Å². The molecule has 0 aliphatic carbocycles. The number of aromatic amines is 1. The van der Waals surface area contributed by atoms with E-state index in [-0.39, 0.29) is 17.0 Å². The number of benzene rings is 1. The van der Waals surface area contributed by atoms with E-state index in [9.17, 15) is 14.9 Å². The summed E-state index contributed by atoms with van der Waals surface area (Å²) >= 11 is 1.22. The highest BCUT2D eigenvalue weighted by atomic mass is 32.1. The number of nitro benzene ring substituents is 1. The van der Waals surface area contributed by atoms with Crippen LogP contribution in [-0.2, 0) is 0 Å². The molecule has 8 heteroatoms. The van der Waals surface area contributed by atoms with Crippen molar-refractivity contribution in [2.24, 2.45) is 0 Å². The van der Waals surface area contributed by atoms with E-state index < -0.39 is 4.92 Å². The number of H-pyrrole nitrogens is 1. The lowest BCUT2D eigenvalue weighted by atomic mass is 10.1. The van der Waals surface area contributed by atoms with Crippen LogP contribution in [0.5, 0.6) is 5.75 Å². The third kappa shape index (κ3) is 2.15. The van der Waals surface area contributed by atoms with E-state index in [1.54, 1.807) is 18.2 Å². The Hall–Kier alpha value is -2.74. The van der Waals surface area contributed by atoms with Crippen LogP contribution in [0.2, 0.25) is 0 Å². The van der Waals surface area contributed by atoms with Crippen LogP contribution < -0.4 is 10.3 Å². The number of rotatable bonds is 3. The van der Waals surface area contributed by atoms with Crippen LogP contribution in [0.4, 0.5) is 5.69 Å². The average Bonchev–Trinajstić information content (AvgIpc) is 2.91. The van der Waals surface area contributed by atoms with Crippen LogP contribution in [0.3, 0.4) is 0 Å². The number of thiophene rings is 1. The van der Waals surface area contributed by atoms with E-state index >= 15 is 0 Å². The molecule has 0 radical (unpaired) electrons. The second kappa shape index (κ2) is 4.98. The number of fused-ring (bicyclic) bond motifs is 1. The predicted molar refractivity (Wildman–Crippen MR) is 78.9 cm³/mol. The van der Waals surface area contributed by atoms with Crippen LogP contribution in [0.1, 0.15) is 0 Å². The monoisotopic (exact) mass is 303 g/mol. The summed E-state index contributed by atoms with van der Waals surface area (Å²) in [7, 11) is 1.38. The van der Waals surface area contributed by atoms with Gasteiger partial charge < -0.3 is 9.72 Å². The Balaban J connectivity index is 2.28. The molecular formula is C13H9N3O4S. The van der Waals surface area contributed by atoms with Crippen LogP contribution in [-0.4, -0.2) is 22.0 Å². The zero-order valence-corrected chi connectivity index (χ0v) is 11.6. The molecule has 1 N–H and O–H groups in total. The maximum atomic E-state index is 11.7. The molecular weight excluding hydrogens is 294 g/mol. The molecule has 0 saturated carbocycles. The van der Waals surface area contributed by atoms with Gasteiger partial charge in [-0.1, -0.05) is 6.07 Å². The largest absolute Gasteiger partial charge is 0.490 e. The maximum Gasteiger partial charge on any atom is 0.311 e. The maximum absolute atomic E-state index is 11.7. The Morgan fingerprint density at radius 3 is 2.90 bits per heavy atom. The summed E-state index contributed by atoms with van der Waals surface area (Å²) in [6.45, 7) is 0. The summed E-state index contributed by atoms with van der Waals surface area (Å²) in [5.74, 6) is 0.172. The first-order chi connectivity index (χ1) is 10.1. The van der Waals surface area contributed by atoms with E-state index in [2.05, 4.69) is 9.97 Å². The van der Waals surface area contributed by atoms with Crippen molar-refractivity contribution >= 4 is 27.2 Å². The zero-order valence-electron chi connectivity index (χ0n) is 10.8. The number of nitrogens with one attached hydrogen (secondary N) is 1. The van der Waals surface area contributed by atoms with Gasteiger partial charge in [-0.2, -0.15) is 0 Å². The van der Waals surface area contributed by atoms with Gasteiger partial charge in [0.15, 0.2) is 0 Å². The minimum atomic E-state index is -0.499. The average molecular weight is 303 g/mol. The van der Waals surface area contributed by atoms with Crippen molar-refractivity contribution in [3.05, 3.63) is 51.1 Å². The van der Waals surface area contributed by atoms with E-state index in [1.165, 1.54) is 30.8 Å². The molecule has 0 aliphatic heterocycles. The number of nitrogens with zero attached hydrogens (tertiary/aromatic N) is 2. The first-order valence-corrected chi connectivity index (χ1v) is 6.72. The summed E-state index contributed by atoms with van der Waals surface area (Å²) < 4.78 is 5.65. The molecule has 2 heterocycles. The topological polar surface area (TPSA) is 98.1 Å². The molecule has 0 spiro atoms. The highest BCUT2D eigenvalue weighted by molar-refractivity contribution is 7.22. The highest BCUT2D eigenvalue weighted by Gasteiger charge is 2.20. The van der Waals surface area contributed by atoms with Gasteiger partial charge in [0.25, 0.3) is 5.56 Å². The lowest BCUT2D eigenvalue weighted by Crippen LogP contribution is -2.02. The fraction of sp³-hybridized carbons (Fsp3) is 0.0769. The number of hydrogen-bond donors (Lipinski definition) is 1. The van der Waals surface area contributed by atoms with Crippen LogP contribution in [0.25, 0.3) is 20.7 Å². The number of ether oxygens (including phenoxy) is 1. The molecule has 21 heavy (non-hydrogen) atoms. The van der Waals surface area contributed by atoms with E-state index in [4.69, 9.17) is 4.74 Å². The lowest BCUT2D eigenvalue weighted by Gasteiger charge is -2.06. The molecule has 0 aliphatic rings. The van der Waals surface area contributed by atoms with Crippen LogP contribution in [0, 0.1) is 10.1 Å². The molecule has 2 aromatic heterocycles. The first kappa shape index (κ1) is 13.3. The Morgan fingerprint density at radius 2 is 2.24 bits per heavy atom. The van der Waals surface area contributed by atoms with E-state index in [0.29, 0.717) is 20.7 Å². The molecule has 0 bridgehead atoms. The van der Waals surface area contributed by atoms with Gasteiger partial charge in [0, 0.05) is 16.5 Å². The molecule has 0 fully saturated rings. The Labute approximate surface area is 122 Å². The highest BCUT2D eigenvalue weighted by Crippen LogP contribution is 2.41. The van der Waals surface area contributed by atoms with Gasteiger partial charge in [-0.15, -0.1) is 11.3 Å². The fourth-order valence-corrected chi connectivity index (χ4v) is 3.10. The Bertz CT molecular complexity index is 900. The van der Waals surface area contributed by atoms with E-state index in [1.807, 2.05) is 0 Å². The molecule has 3 rings (SSSR count). The summed E-state index contributed by atoms with van der Waals surface area (Å²) in [6.07, 6.45) is 1.33. The molecule has 0 unspecified atom stereocenters. The smallest absolute Gasteiger partial charge is 0.311 e. The standard InChI is InChI=1S/C13H9N3O4S/c1-20-11-7(3-2-4-9(11)16(18)19)10-5-8-12(21-10)13(17)15-6-14-8/h2-6H,1H3,(H,14,15,17). The zero-order chi connectivity index (χ0) is 15.0. The van der Waals surface area contributed by atoms with Gasteiger partial charge in [-0.05, 0) is 12.1 Å². The van der Waals surface area contributed by atoms with E-state index in [0.717, 1.165) is 0 Å². The van der Waals surface area contributed by atoms with Crippen molar-refractivity contribution < 1.29 is 9.66 Å². The minimum Gasteiger partial charge on any atom is -0.490 e. The lowest BCUT2D eigenvalue weighted by molar-refractivity contribution is -0.385. The summed E-state index contributed by atoms with van der Waals surface area (Å²) in [6, 6.07) is 6.39. The number of methoxy groups -OCH3 is 1. The number of para-hydroxylation sites is 1. The second-order valence-corrected chi connectivity index (χ2v) is 5.22. The summed E-state index contributed by atoms with van der Waals surface area (Å²) in [5, 5.41) is 11.1. The van der Waals surface area contributed by atoms with Crippen molar-refractivity contribution in [2.75, 3.05) is 7.11 Å². The molecule has 0 atom stereocenters. The van der Waals surface area contributed by atoms with Crippen molar-refractivity contribution in [3.8, 4) is 16.2 Å². The number of aromatic nitrogens is 2. The number of hydrogen-bond acceptors (Lipinski definition) is 6. The Kier molecular flexibility index (Phi) is 3.15. The van der Waals surface area contributed by atoms with Crippen molar-refractivity contribution in [1.29, 1.82) is 0 Å². The van der Waals surface area contributed by atoms with Crippen molar-refractivity contribution in [2.45, 2.75) is 0 Å².